The monoisotopic (exact) mass is 357 g/mol. The van der Waals surface area contributed by atoms with Gasteiger partial charge in [-0.25, -0.2) is 0 Å². The van der Waals surface area contributed by atoms with Crippen LogP contribution in [0.3, 0.4) is 0 Å². The molecule has 140 valence electrons. The first-order valence-corrected chi connectivity index (χ1v) is 8.83. The maximum atomic E-state index is 11.9. The Balaban J connectivity index is 1.63. The highest BCUT2D eigenvalue weighted by molar-refractivity contribution is 5.94. The zero-order valence-electron chi connectivity index (χ0n) is 15.6. The van der Waals surface area contributed by atoms with Crippen molar-refractivity contribution in [3.8, 4) is 0 Å². The number of carbonyl (C=O) groups excluding carboxylic acids is 1. The molecule has 1 amide bonds. The molecular weight excluding hydrogens is 330 g/mol. The van der Waals surface area contributed by atoms with E-state index in [1.165, 1.54) is 0 Å². The fourth-order valence-corrected chi connectivity index (χ4v) is 2.26. The van der Waals surface area contributed by atoms with Gasteiger partial charge in [-0.1, -0.05) is 37.2 Å². The highest BCUT2D eigenvalue weighted by atomic mass is 16.5. The van der Waals surface area contributed by atoms with Gasteiger partial charge in [0.05, 0.1) is 12.2 Å². The van der Waals surface area contributed by atoms with Crippen LogP contribution < -0.4 is 16.0 Å². The van der Waals surface area contributed by atoms with E-state index in [2.05, 4.69) is 39.9 Å². The highest BCUT2D eigenvalue weighted by Crippen LogP contribution is 2.13. The van der Waals surface area contributed by atoms with Crippen LogP contribution in [0.15, 0.2) is 45.9 Å². The summed E-state index contributed by atoms with van der Waals surface area (Å²) in [7, 11) is 1.71. The van der Waals surface area contributed by atoms with Crippen molar-refractivity contribution in [2.75, 3.05) is 20.1 Å². The Labute approximate surface area is 154 Å². The summed E-state index contributed by atoms with van der Waals surface area (Å²) in [6, 6.07) is 11.1. The average molecular weight is 357 g/mol. The first-order chi connectivity index (χ1) is 12.6. The smallest absolute Gasteiger partial charge is 0.251 e. The number of aromatic nitrogens is 1. The summed E-state index contributed by atoms with van der Waals surface area (Å²) in [5, 5.41) is 13.3. The number of benzene rings is 1. The van der Waals surface area contributed by atoms with Crippen LogP contribution >= 0.6 is 0 Å². The molecule has 3 N–H and O–H groups in total. The zero-order chi connectivity index (χ0) is 18.8. The lowest BCUT2D eigenvalue weighted by Gasteiger charge is -2.11. The van der Waals surface area contributed by atoms with Crippen LogP contribution in [0.5, 0.6) is 0 Å². The van der Waals surface area contributed by atoms with Gasteiger partial charge in [0.25, 0.3) is 5.91 Å². The van der Waals surface area contributed by atoms with Gasteiger partial charge in [-0.3, -0.25) is 9.79 Å². The van der Waals surface area contributed by atoms with E-state index in [0.717, 1.165) is 17.9 Å². The number of hydrogen-bond acceptors (Lipinski definition) is 4. The number of rotatable bonds is 8. The van der Waals surface area contributed by atoms with E-state index in [-0.39, 0.29) is 5.91 Å². The predicted octanol–water partition coefficient (Wildman–Crippen LogP) is 2.28. The molecule has 1 aromatic carbocycles. The van der Waals surface area contributed by atoms with Crippen molar-refractivity contribution in [3.05, 3.63) is 53.4 Å². The number of aliphatic imine (C=N–C) groups is 1. The predicted molar refractivity (Wildman–Crippen MR) is 102 cm³/mol. The van der Waals surface area contributed by atoms with E-state index in [9.17, 15) is 4.79 Å². The molecule has 0 saturated carbocycles. The van der Waals surface area contributed by atoms with Crippen molar-refractivity contribution in [2.45, 2.75) is 32.7 Å². The highest BCUT2D eigenvalue weighted by Gasteiger charge is 2.08. The minimum atomic E-state index is -0.0561. The van der Waals surface area contributed by atoms with Crippen LogP contribution in [0.2, 0.25) is 0 Å². The summed E-state index contributed by atoms with van der Waals surface area (Å²) in [4.78, 5) is 16.1. The van der Waals surface area contributed by atoms with Crippen LogP contribution in [0, 0.1) is 0 Å². The third-order valence-electron chi connectivity index (χ3n) is 3.79. The van der Waals surface area contributed by atoms with Gasteiger partial charge in [0.1, 0.15) is 0 Å². The molecule has 1 heterocycles. The Morgan fingerprint density at radius 2 is 1.88 bits per heavy atom. The maximum absolute atomic E-state index is 11.9. The third kappa shape index (κ3) is 6.23. The lowest BCUT2D eigenvalue weighted by molar-refractivity contribution is 0.0953. The molecule has 0 aliphatic rings. The van der Waals surface area contributed by atoms with Gasteiger partial charge < -0.3 is 20.5 Å². The molecule has 0 aliphatic heterocycles. The van der Waals surface area contributed by atoms with E-state index in [1.54, 1.807) is 19.2 Å². The Kier molecular flexibility index (Phi) is 7.67. The zero-order valence-corrected chi connectivity index (χ0v) is 15.6. The number of guanidine groups is 1. The van der Waals surface area contributed by atoms with Gasteiger partial charge in [0.15, 0.2) is 11.7 Å². The Morgan fingerprint density at radius 1 is 1.15 bits per heavy atom. The van der Waals surface area contributed by atoms with E-state index in [4.69, 9.17) is 4.52 Å². The second-order valence-corrected chi connectivity index (χ2v) is 6.20. The minimum Gasteiger partial charge on any atom is -0.359 e. The van der Waals surface area contributed by atoms with Crippen molar-refractivity contribution in [1.29, 1.82) is 0 Å². The van der Waals surface area contributed by atoms with Crippen LogP contribution in [0.25, 0.3) is 0 Å². The molecule has 7 heteroatoms. The van der Waals surface area contributed by atoms with Gasteiger partial charge in [-0.15, -0.1) is 0 Å². The number of amides is 1. The van der Waals surface area contributed by atoms with Gasteiger partial charge in [0.2, 0.25) is 0 Å². The van der Waals surface area contributed by atoms with E-state index in [1.807, 2.05) is 24.3 Å². The van der Waals surface area contributed by atoms with Gasteiger partial charge >= 0.3 is 0 Å². The SMILES string of the molecule is CN=C(NCCCNC(=O)c1ccccc1)NCc1cc(C(C)C)no1. The molecule has 0 aliphatic carbocycles. The Hall–Kier alpha value is -2.83. The van der Waals surface area contributed by atoms with Crippen LogP contribution in [0.4, 0.5) is 0 Å². The normalized spacial score (nSPS) is 11.5. The molecule has 0 radical (unpaired) electrons. The fourth-order valence-electron chi connectivity index (χ4n) is 2.26. The number of hydrogen-bond donors (Lipinski definition) is 3. The second kappa shape index (κ2) is 10.2. The molecule has 0 atom stereocenters. The van der Waals surface area contributed by atoms with E-state index in [0.29, 0.717) is 37.1 Å². The molecule has 1 aromatic heterocycles. The molecular formula is C19H27N5O2. The summed E-state index contributed by atoms with van der Waals surface area (Å²) in [5.41, 5.74) is 1.62. The van der Waals surface area contributed by atoms with Crippen molar-refractivity contribution in [2.24, 2.45) is 4.99 Å². The van der Waals surface area contributed by atoms with Gasteiger partial charge in [-0.2, -0.15) is 0 Å². The van der Waals surface area contributed by atoms with Gasteiger partial charge in [-0.05, 0) is 24.5 Å². The summed E-state index contributed by atoms with van der Waals surface area (Å²) < 4.78 is 5.29. The quantitative estimate of drug-likeness (QED) is 0.383. The largest absolute Gasteiger partial charge is 0.359 e. The van der Waals surface area contributed by atoms with Crippen molar-refractivity contribution in [3.63, 3.8) is 0 Å². The lowest BCUT2D eigenvalue weighted by atomic mass is 10.1. The minimum absolute atomic E-state index is 0.0561. The summed E-state index contributed by atoms with van der Waals surface area (Å²) in [6.07, 6.45) is 0.791. The van der Waals surface area contributed by atoms with Crippen LogP contribution in [-0.2, 0) is 6.54 Å². The lowest BCUT2D eigenvalue weighted by Crippen LogP contribution is -2.38. The molecule has 0 unspecified atom stereocenters. The molecule has 0 bridgehead atoms. The number of nitrogens with one attached hydrogen (secondary N) is 3. The van der Waals surface area contributed by atoms with E-state index < -0.39 is 0 Å². The van der Waals surface area contributed by atoms with Gasteiger partial charge in [0, 0.05) is 31.8 Å². The first-order valence-electron chi connectivity index (χ1n) is 8.83. The standard InChI is InChI=1S/C19H27N5O2/c1-14(2)17-12-16(26-24-17)13-23-19(20-3)22-11-7-10-21-18(25)15-8-5-4-6-9-15/h4-6,8-9,12,14H,7,10-11,13H2,1-3H3,(H,21,25)(H2,20,22,23). The van der Waals surface area contributed by atoms with E-state index >= 15 is 0 Å². The molecule has 7 nitrogen and oxygen atoms in total. The molecule has 0 saturated heterocycles. The third-order valence-corrected chi connectivity index (χ3v) is 3.79. The second-order valence-electron chi connectivity index (χ2n) is 6.20. The summed E-state index contributed by atoms with van der Waals surface area (Å²) >= 11 is 0. The van der Waals surface area contributed by atoms with Crippen LogP contribution in [0.1, 0.15) is 48.0 Å². The molecule has 2 aromatic rings. The van der Waals surface area contributed by atoms with Crippen molar-refractivity contribution < 1.29 is 9.32 Å². The number of carbonyl (C=O) groups is 1. The van der Waals surface area contributed by atoms with Crippen molar-refractivity contribution in [1.82, 2.24) is 21.1 Å². The average Bonchev–Trinajstić information content (AvgIpc) is 3.14. The number of nitrogens with zero attached hydrogens (tertiary/aromatic N) is 2. The Bertz CT molecular complexity index is 710. The summed E-state index contributed by atoms with van der Waals surface area (Å²) in [6.45, 7) is 5.96. The Morgan fingerprint density at radius 3 is 2.54 bits per heavy atom. The molecule has 0 fully saturated rings. The first kappa shape index (κ1) is 19.5. The molecule has 26 heavy (non-hydrogen) atoms. The van der Waals surface area contributed by atoms with Crippen molar-refractivity contribution >= 4 is 11.9 Å². The maximum Gasteiger partial charge on any atom is 0.251 e. The fraction of sp³-hybridized carbons (Fsp3) is 0.421. The molecule has 0 spiro atoms. The molecule has 2 rings (SSSR count). The summed E-state index contributed by atoms with van der Waals surface area (Å²) in [5.74, 6) is 1.74. The van der Waals surface area contributed by atoms with Crippen LogP contribution in [-0.4, -0.2) is 37.2 Å². The topological polar surface area (TPSA) is 91.5 Å².